The minimum absolute atomic E-state index is 0.0196. The van der Waals surface area contributed by atoms with Crippen LogP contribution in [0.25, 0.3) is 0 Å². The molecule has 1 fully saturated rings. The summed E-state index contributed by atoms with van der Waals surface area (Å²) in [6.45, 7) is 3.47. The van der Waals surface area contributed by atoms with E-state index in [0.717, 1.165) is 22.3 Å². The van der Waals surface area contributed by atoms with Crippen LogP contribution in [0.2, 0.25) is 0 Å². The molecule has 2 N–H and O–H groups in total. The predicted octanol–water partition coefficient (Wildman–Crippen LogP) is 1.46. The van der Waals surface area contributed by atoms with Crippen molar-refractivity contribution in [3.8, 4) is 0 Å². The molecule has 0 bridgehead atoms. The second-order valence-corrected chi connectivity index (χ2v) is 8.14. The topological polar surface area (TPSA) is 58.2 Å². The first-order valence-corrected chi connectivity index (χ1v) is 8.07. The molecule has 2 heterocycles. The van der Waals surface area contributed by atoms with Crippen LogP contribution in [0.15, 0.2) is 14.1 Å². The van der Waals surface area contributed by atoms with Crippen LogP contribution in [-0.4, -0.2) is 27.5 Å². The first-order valence-electron chi connectivity index (χ1n) is 4.98. The van der Waals surface area contributed by atoms with Gasteiger partial charge in [-0.25, -0.2) is 13.1 Å². The van der Waals surface area contributed by atoms with E-state index in [4.69, 9.17) is 0 Å². The van der Waals surface area contributed by atoms with E-state index in [1.807, 2.05) is 6.92 Å². The van der Waals surface area contributed by atoms with Crippen molar-refractivity contribution in [1.82, 2.24) is 10.0 Å². The smallest absolute Gasteiger partial charge is 0.250 e. The highest BCUT2D eigenvalue weighted by molar-refractivity contribution is 9.11. The molecule has 1 saturated heterocycles. The van der Waals surface area contributed by atoms with Crippen LogP contribution < -0.4 is 10.0 Å². The Hall–Kier alpha value is 0.0500. The molecule has 1 atom stereocenters. The zero-order chi connectivity index (χ0) is 11.8. The summed E-state index contributed by atoms with van der Waals surface area (Å²) in [5.41, 5.74) is 0.954. The van der Waals surface area contributed by atoms with Crippen molar-refractivity contribution in [2.24, 2.45) is 0 Å². The molecular formula is C9H13BrN2O2S2. The summed E-state index contributed by atoms with van der Waals surface area (Å²) in [6.07, 6.45) is 0.852. The zero-order valence-electron chi connectivity index (χ0n) is 8.79. The molecule has 1 aliphatic rings. The second kappa shape index (κ2) is 4.73. The van der Waals surface area contributed by atoms with E-state index < -0.39 is 10.0 Å². The molecule has 1 aromatic heterocycles. The summed E-state index contributed by atoms with van der Waals surface area (Å²) in [4.78, 5) is 0. The van der Waals surface area contributed by atoms with Gasteiger partial charge in [-0.3, -0.25) is 0 Å². The molecule has 0 radical (unpaired) electrons. The highest BCUT2D eigenvalue weighted by atomic mass is 79.9. The van der Waals surface area contributed by atoms with Crippen LogP contribution in [-0.2, 0) is 10.0 Å². The Balaban J connectivity index is 2.18. The van der Waals surface area contributed by atoms with Gasteiger partial charge in [-0.2, -0.15) is 0 Å². The van der Waals surface area contributed by atoms with E-state index in [1.165, 1.54) is 11.3 Å². The lowest BCUT2D eigenvalue weighted by atomic mass is 10.3. The van der Waals surface area contributed by atoms with Crippen molar-refractivity contribution in [3.63, 3.8) is 0 Å². The lowest BCUT2D eigenvalue weighted by Crippen LogP contribution is -2.35. The number of halogens is 1. The van der Waals surface area contributed by atoms with Crippen LogP contribution in [0.4, 0.5) is 0 Å². The van der Waals surface area contributed by atoms with Crippen LogP contribution in [0.1, 0.15) is 12.0 Å². The summed E-state index contributed by atoms with van der Waals surface area (Å²) in [7, 11) is -3.35. The van der Waals surface area contributed by atoms with Crippen molar-refractivity contribution in [3.05, 3.63) is 15.4 Å². The Kier molecular flexibility index (Phi) is 3.70. The minimum atomic E-state index is -3.35. The molecule has 0 amide bonds. The first-order chi connectivity index (χ1) is 7.49. The molecule has 2 rings (SSSR count). The van der Waals surface area contributed by atoms with Crippen LogP contribution >= 0.6 is 27.3 Å². The molecule has 1 aliphatic heterocycles. The average molecular weight is 325 g/mol. The largest absolute Gasteiger partial charge is 0.315 e. The lowest BCUT2D eigenvalue weighted by molar-refractivity contribution is 0.562. The molecule has 0 spiro atoms. The van der Waals surface area contributed by atoms with E-state index in [1.54, 1.807) is 6.07 Å². The van der Waals surface area contributed by atoms with Gasteiger partial charge in [0.05, 0.1) is 3.79 Å². The molecule has 0 saturated carbocycles. The van der Waals surface area contributed by atoms with Gasteiger partial charge >= 0.3 is 0 Å². The number of thiophene rings is 1. The highest BCUT2D eigenvalue weighted by Gasteiger charge is 2.24. The van der Waals surface area contributed by atoms with Crippen LogP contribution in [0, 0.1) is 6.92 Å². The average Bonchev–Trinajstić information content (AvgIpc) is 2.78. The van der Waals surface area contributed by atoms with E-state index in [0.29, 0.717) is 10.8 Å². The number of hydrogen-bond acceptors (Lipinski definition) is 4. The van der Waals surface area contributed by atoms with Gasteiger partial charge in [-0.15, -0.1) is 11.3 Å². The number of hydrogen-bond donors (Lipinski definition) is 2. The van der Waals surface area contributed by atoms with Gasteiger partial charge < -0.3 is 5.32 Å². The fourth-order valence-electron chi connectivity index (χ4n) is 1.60. The predicted molar refractivity (Wildman–Crippen MR) is 68.4 cm³/mol. The minimum Gasteiger partial charge on any atom is -0.315 e. The number of rotatable bonds is 3. The monoisotopic (exact) mass is 324 g/mol. The maximum absolute atomic E-state index is 12.0. The van der Waals surface area contributed by atoms with Crippen LogP contribution in [0.5, 0.6) is 0 Å². The van der Waals surface area contributed by atoms with Gasteiger partial charge in [-0.1, -0.05) is 0 Å². The first kappa shape index (κ1) is 12.5. The van der Waals surface area contributed by atoms with E-state index in [-0.39, 0.29) is 6.04 Å². The number of sulfonamides is 1. The molecule has 7 heteroatoms. The van der Waals surface area contributed by atoms with Gasteiger partial charge in [0.25, 0.3) is 0 Å². The van der Waals surface area contributed by atoms with Crippen molar-refractivity contribution in [2.75, 3.05) is 13.1 Å². The molecule has 0 aliphatic carbocycles. The van der Waals surface area contributed by atoms with E-state index in [9.17, 15) is 8.42 Å². The summed E-state index contributed by atoms with van der Waals surface area (Å²) in [5, 5.41) is 3.13. The number of nitrogens with one attached hydrogen (secondary N) is 2. The molecule has 1 unspecified atom stereocenters. The normalized spacial score (nSPS) is 21.5. The Bertz CT molecular complexity index is 458. The summed E-state index contributed by atoms with van der Waals surface area (Å²) >= 11 is 4.59. The Morgan fingerprint density at radius 3 is 2.88 bits per heavy atom. The quantitative estimate of drug-likeness (QED) is 0.885. The Morgan fingerprint density at radius 1 is 1.62 bits per heavy atom. The van der Waals surface area contributed by atoms with Crippen molar-refractivity contribution in [1.29, 1.82) is 0 Å². The van der Waals surface area contributed by atoms with Gasteiger partial charge in [0.1, 0.15) is 4.21 Å². The SMILES string of the molecule is Cc1cc(S(=O)(=O)NC2CCNC2)sc1Br. The van der Waals surface area contributed by atoms with Gasteiger partial charge in [0.15, 0.2) is 0 Å². The van der Waals surface area contributed by atoms with Crippen molar-refractivity contribution < 1.29 is 8.42 Å². The molecule has 4 nitrogen and oxygen atoms in total. The third-order valence-electron chi connectivity index (χ3n) is 2.48. The lowest BCUT2D eigenvalue weighted by Gasteiger charge is -2.10. The molecule has 16 heavy (non-hydrogen) atoms. The van der Waals surface area contributed by atoms with Crippen molar-refractivity contribution >= 4 is 37.3 Å². The number of aryl methyl sites for hydroxylation is 1. The van der Waals surface area contributed by atoms with Crippen molar-refractivity contribution in [2.45, 2.75) is 23.6 Å². The van der Waals surface area contributed by atoms with Gasteiger partial charge in [0, 0.05) is 12.6 Å². The third kappa shape index (κ3) is 2.65. The van der Waals surface area contributed by atoms with E-state index in [2.05, 4.69) is 26.0 Å². The molecule has 90 valence electrons. The summed E-state index contributed by atoms with van der Waals surface area (Å²) in [6, 6.07) is 1.71. The summed E-state index contributed by atoms with van der Waals surface area (Å²) in [5.74, 6) is 0. The Morgan fingerprint density at radius 2 is 2.38 bits per heavy atom. The van der Waals surface area contributed by atoms with Crippen LogP contribution in [0.3, 0.4) is 0 Å². The third-order valence-corrected chi connectivity index (χ3v) is 6.61. The zero-order valence-corrected chi connectivity index (χ0v) is 12.0. The highest BCUT2D eigenvalue weighted by Crippen LogP contribution is 2.30. The van der Waals surface area contributed by atoms with E-state index >= 15 is 0 Å². The standard InChI is InChI=1S/C9H13BrN2O2S2/c1-6-4-8(15-9(6)10)16(13,14)12-7-2-3-11-5-7/h4,7,11-12H,2-3,5H2,1H3. The molecule has 0 aromatic carbocycles. The van der Waals surface area contributed by atoms with Gasteiger partial charge in [0.2, 0.25) is 10.0 Å². The molecule has 1 aromatic rings. The summed E-state index contributed by atoms with van der Waals surface area (Å²) < 4.78 is 28.0. The fraction of sp³-hybridized carbons (Fsp3) is 0.556. The maximum atomic E-state index is 12.0. The Labute approximate surface area is 108 Å². The molecular weight excluding hydrogens is 312 g/mol. The second-order valence-electron chi connectivity index (χ2n) is 3.83. The van der Waals surface area contributed by atoms with Gasteiger partial charge in [-0.05, 0) is 47.4 Å². The maximum Gasteiger partial charge on any atom is 0.250 e. The fourth-order valence-corrected chi connectivity index (χ4v) is 5.11.